The monoisotopic (exact) mass is 347 g/mol. The molecule has 0 saturated carbocycles. The van der Waals surface area contributed by atoms with Crippen LogP contribution in [0, 0.1) is 10.1 Å². The Morgan fingerprint density at radius 2 is 1.32 bits per heavy atom. The number of benzene rings is 3. The Hall–Kier alpha value is -2.77. The molecular weight excluding hydrogens is 329 g/mol. The van der Waals surface area contributed by atoms with Gasteiger partial charge in [0.25, 0.3) is 5.69 Å². The van der Waals surface area contributed by atoms with Crippen molar-refractivity contribution in [3.8, 4) is 0 Å². The van der Waals surface area contributed by atoms with Gasteiger partial charge in [-0.1, -0.05) is 66.7 Å². The van der Waals surface area contributed by atoms with Gasteiger partial charge in [0, 0.05) is 12.1 Å². The average Bonchev–Trinajstić information content (AvgIpc) is 2.64. The molecule has 0 spiro atoms. The highest BCUT2D eigenvalue weighted by molar-refractivity contribution is 7.76. The Morgan fingerprint density at radius 1 is 0.840 bits per heavy atom. The van der Waals surface area contributed by atoms with Crippen LogP contribution >= 0.6 is 7.92 Å². The van der Waals surface area contributed by atoms with Crippen molar-refractivity contribution < 1.29 is 4.92 Å². The van der Waals surface area contributed by atoms with E-state index >= 15 is 0 Å². The SMILES string of the molecule is C/C(=C/c1ccc([N+](=O)[O-])cc1)P(c1ccccc1)c1ccccc1. The standard InChI is InChI=1S/C21H18NO2P/c1-17(16-18-12-14-19(15-13-18)22(23)24)25(20-8-4-2-5-9-20)21-10-6-3-7-11-21/h2-16H,1H3/b17-16-. The van der Waals surface area contributed by atoms with Crippen molar-refractivity contribution in [2.75, 3.05) is 0 Å². The van der Waals surface area contributed by atoms with E-state index in [4.69, 9.17) is 0 Å². The van der Waals surface area contributed by atoms with Crippen LogP contribution in [0.5, 0.6) is 0 Å². The molecule has 0 bridgehead atoms. The van der Waals surface area contributed by atoms with Gasteiger partial charge in [-0.3, -0.25) is 10.1 Å². The first-order valence-electron chi connectivity index (χ1n) is 7.98. The van der Waals surface area contributed by atoms with Gasteiger partial charge in [-0.25, -0.2) is 0 Å². The summed E-state index contributed by atoms with van der Waals surface area (Å²) in [4.78, 5) is 10.4. The summed E-state index contributed by atoms with van der Waals surface area (Å²) < 4.78 is 0. The smallest absolute Gasteiger partial charge is 0.258 e. The Labute approximate surface area is 148 Å². The van der Waals surface area contributed by atoms with E-state index in [1.54, 1.807) is 24.3 Å². The Bertz CT molecular complexity index is 835. The van der Waals surface area contributed by atoms with Crippen LogP contribution in [0.1, 0.15) is 12.5 Å². The molecule has 0 saturated heterocycles. The van der Waals surface area contributed by atoms with E-state index in [0.717, 1.165) is 5.56 Å². The second-order valence-corrected chi connectivity index (χ2v) is 8.05. The average molecular weight is 347 g/mol. The third-order valence-electron chi connectivity index (χ3n) is 3.86. The molecule has 0 aliphatic heterocycles. The first kappa shape index (κ1) is 17.1. The van der Waals surface area contributed by atoms with Gasteiger partial charge in [-0.05, 0) is 48.5 Å². The molecule has 124 valence electrons. The van der Waals surface area contributed by atoms with Crippen LogP contribution in [-0.2, 0) is 0 Å². The Kier molecular flexibility index (Phi) is 5.37. The third-order valence-corrected chi connectivity index (χ3v) is 6.32. The first-order valence-corrected chi connectivity index (χ1v) is 9.32. The summed E-state index contributed by atoms with van der Waals surface area (Å²) in [6.07, 6.45) is 2.12. The number of non-ortho nitro benzene ring substituents is 1. The summed E-state index contributed by atoms with van der Waals surface area (Å²) in [6.45, 7) is 2.13. The molecule has 0 atom stereocenters. The molecule has 3 nitrogen and oxygen atoms in total. The van der Waals surface area contributed by atoms with Gasteiger partial charge in [0.1, 0.15) is 0 Å². The van der Waals surface area contributed by atoms with Crippen molar-refractivity contribution in [2.24, 2.45) is 0 Å². The molecule has 3 aromatic carbocycles. The lowest BCUT2D eigenvalue weighted by atomic mass is 10.2. The van der Waals surface area contributed by atoms with E-state index in [9.17, 15) is 10.1 Å². The second kappa shape index (κ2) is 7.87. The molecule has 0 heterocycles. The lowest BCUT2D eigenvalue weighted by Gasteiger charge is -2.19. The summed E-state index contributed by atoms with van der Waals surface area (Å²) in [5.41, 5.74) is 1.09. The Balaban J connectivity index is 1.99. The second-order valence-electron chi connectivity index (χ2n) is 5.64. The molecule has 0 aliphatic rings. The van der Waals surface area contributed by atoms with Gasteiger partial charge in [0.2, 0.25) is 0 Å². The maximum atomic E-state index is 10.8. The molecule has 0 amide bonds. The fourth-order valence-electron chi connectivity index (χ4n) is 2.71. The quantitative estimate of drug-likeness (QED) is 0.367. The van der Waals surface area contributed by atoms with Crippen molar-refractivity contribution in [3.05, 3.63) is 106 Å². The lowest BCUT2D eigenvalue weighted by molar-refractivity contribution is -0.384. The van der Waals surface area contributed by atoms with Gasteiger partial charge < -0.3 is 0 Å². The predicted molar refractivity (Wildman–Crippen MR) is 106 cm³/mol. The highest BCUT2D eigenvalue weighted by Gasteiger charge is 2.15. The van der Waals surface area contributed by atoms with Crippen molar-refractivity contribution >= 4 is 30.3 Å². The number of nitro groups is 1. The minimum Gasteiger partial charge on any atom is -0.258 e. The van der Waals surface area contributed by atoms with Crippen LogP contribution in [-0.4, -0.2) is 4.92 Å². The van der Waals surface area contributed by atoms with E-state index in [2.05, 4.69) is 61.5 Å². The molecule has 0 radical (unpaired) electrons. The molecule has 3 aromatic rings. The molecule has 0 unspecified atom stereocenters. The first-order chi connectivity index (χ1) is 12.1. The molecule has 3 rings (SSSR count). The fourth-order valence-corrected chi connectivity index (χ4v) is 5.04. The number of rotatable bonds is 5. The number of hydrogen-bond acceptors (Lipinski definition) is 2. The van der Waals surface area contributed by atoms with Crippen molar-refractivity contribution in [1.82, 2.24) is 0 Å². The molecule has 0 aliphatic carbocycles. The van der Waals surface area contributed by atoms with E-state index in [1.165, 1.54) is 15.9 Å². The van der Waals surface area contributed by atoms with Gasteiger partial charge in [-0.2, -0.15) is 0 Å². The number of hydrogen-bond donors (Lipinski definition) is 0. The zero-order valence-corrected chi connectivity index (χ0v) is 14.8. The van der Waals surface area contributed by atoms with E-state index < -0.39 is 7.92 Å². The zero-order valence-electron chi connectivity index (χ0n) is 13.9. The minimum atomic E-state index is -0.629. The van der Waals surface area contributed by atoms with E-state index in [-0.39, 0.29) is 10.6 Å². The topological polar surface area (TPSA) is 43.1 Å². The van der Waals surface area contributed by atoms with Crippen LogP contribution in [0.3, 0.4) is 0 Å². The number of nitro benzene ring substituents is 1. The van der Waals surface area contributed by atoms with Gasteiger partial charge >= 0.3 is 0 Å². The summed E-state index contributed by atoms with van der Waals surface area (Å²) >= 11 is 0. The fraction of sp³-hybridized carbons (Fsp3) is 0.0476. The van der Waals surface area contributed by atoms with Gasteiger partial charge in [0.05, 0.1) is 4.92 Å². The maximum Gasteiger partial charge on any atom is 0.269 e. The number of allylic oxidation sites excluding steroid dienone is 1. The predicted octanol–water partition coefficient (Wildman–Crippen LogP) is 5.09. The normalized spacial score (nSPS) is 11.5. The van der Waals surface area contributed by atoms with Gasteiger partial charge in [-0.15, -0.1) is 0 Å². The summed E-state index contributed by atoms with van der Waals surface area (Å²) in [6, 6.07) is 27.6. The third kappa shape index (κ3) is 4.20. The van der Waals surface area contributed by atoms with Gasteiger partial charge in [0.15, 0.2) is 0 Å². The summed E-state index contributed by atoms with van der Waals surface area (Å²) in [5.74, 6) is 0. The van der Waals surface area contributed by atoms with Crippen LogP contribution in [0.25, 0.3) is 6.08 Å². The minimum absolute atomic E-state index is 0.114. The molecule has 0 fully saturated rings. The largest absolute Gasteiger partial charge is 0.269 e. The van der Waals surface area contributed by atoms with Crippen molar-refractivity contribution in [2.45, 2.75) is 6.92 Å². The van der Waals surface area contributed by atoms with Crippen LogP contribution in [0.2, 0.25) is 0 Å². The van der Waals surface area contributed by atoms with E-state index in [1.807, 2.05) is 12.1 Å². The molecule has 0 aromatic heterocycles. The van der Waals surface area contributed by atoms with Crippen LogP contribution in [0.4, 0.5) is 5.69 Å². The highest BCUT2D eigenvalue weighted by atomic mass is 31.1. The van der Waals surface area contributed by atoms with Crippen molar-refractivity contribution in [1.29, 1.82) is 0 Å². The molecule has 25 heavy (non-hydrogen) atoms. The summed E-state index contributed by atoms with van der Waals surface area (Å²) in [5, 5.41) is 14.6. The molecule has 4 heteroatoms. The zero-order chi connectivity index (χ0) is 17.6. The molecular formula is C21H18NO2P. The molecule has 0 N–H and O–H groups in total. The lowest BCUT2D eigenvalue weighted by Crippen LogP contribution is -2.11. The Morgan fingerprint density at radius 3 is 1.76 bits per heavy atom. The maximum absolute atomic E-state index is 10.8. The summed E-state index contributed by atoms with van der Waals surface area (Å²) in [7, 11) is -0.629. The van der Waals surface area contributed by atoms with Crippen LogP contribution in [0.15, 0.2) is 90.2 Å². The van der Waals surface area contributed by atoms with Crippen molar-refractivity contribution in [3.63, 3.8) is 0 Å². The van der Waals surface area contributed by atoms with E-state index in [0.29, 0.717) is 0 Å². The van der Waals surface area contributed by atoms with Crippen LogP contribution < -0.4 is 10.6 Å². The number of nitrogens with zero attached hydrogens (tertiary/aromatic N) is 1. The highest BCUT2D eigenvalue weighted by Crippen LogP contribution is 2.43.